The number of anilines is 1. The van der Waals surface area contributed by atoms with Gasteiger partial charge in [0.1, 0.15) is 11.5 Å². The molecule has 0 radical (unpaired) electrons. The summed E-state index contributed by atoms with van der Waals surface area (Å²) in [6.45, 7) is 3.34. The molecule has 1 atom stereocenters. The summed E-state index contributed by atoms with van der Waals surface area (Å²) in [4.78, 5) is 15.8. The summed E-state index contributed by atoms with van der Waals surface area (Å²) in [5, 5.41) is 0. The van der Waals surface area contributed by atoms with Gasteiger partial charge < -0.3 is 19.3 Å². The van der Waals surface area contributed by atoms with Crippen LogP contribution in [0.2, 0.25) is 0 Å². The predicted molar refractivity (Wildman–Crippen MR) is 86.4 cm³/mol. The molecular weight excluding hydrogens is 280 g/mol. The van der Waals surface area contributed by atoms with E-state index in [0.717, 1.165) is 36.7 Å². The average Bonchev–Trinajstić information content (AvgIpc) is 3.03. The topological polar surface area (TPSA) is 42.0 Å². The number of carbonyl (C=O) groups excluding carboxylic acids is 1. The minimum Gasteiger partial charge on any atom is -0.497 e. The van der Waals surface area contributed by atoms with E-state index in [9.17, 15) is 4.79 Å². The van der Waals surface area contributed by atoms with Crippen LogP contribution in [0.15, 0.2) is 18.2 Å². The number of likely N-dealkylation sites (N-methyl/N-ethyl adjacent to an activating group) is 1. The van der Waals surface area contributed by atoms with E-state index in [1.54, 1.807) is 26.0 Å². The van der Waals surface area contributed by atoms with Crippen LogP contribution in [0.25, 0.3) is 0 Å². The van der Waals surface area contributed by atoms with Crippen molar-refractivity contribution in [2.45, 2.75) is 19.4 Å². The number of carbonyl (C=O) groups is 1. The van der Waals surface area contributed by atoms with Gasteiger partial charge in [0.25, 0.3) is 5.91 Å². The highest BCUT2D eigenvalue weighted by molar-refractivity contribution is 5.93. The van der Waals surface area contributed by atoms with Gasteiger partial charge in [-0.25, -0.2) is 0 Å². The molecule has 2 rings (SSSR count). The first-order valence-electron chi connectivity index (χ1n) is 7.26. The van der Waals surface area contributed by atoms with Crippen LogP contribution in [-0.2, 0) is 4.79 Å². The van der Waals surface area contributed by atoms with Crippen LogP contribution in [0.1, 0.15) is 13.3 Å². The second-order valence-corrected chi connectivity index (χ2v) is 5.25. The summed E-state index contributed by atoms with van der Waals surface area (Å²) in [5.74, 6) is 6.65. The van der Waals surface area contributed by atoms with Crippen LogP contribution in [0.5, 0.6) is 11.5 Å². The summed E-state index contributed by atoms with van der Waals surface area (Å²) in [6, 6.07) is 5.99. The number of hydrogen-bond acceptors (Lipinski definition) is 4. The fourth-order valence-electron chi connectivity index (χ4n) is 2.63. The van der Waals surface area contributed by atoms with Crippen molar-refractivity contribution in [1.82, 2.24) is 4.90 Å². The molecule has 1 aliphatic heterocycles. The molecule has 1 saturated heterocycles. The molecule has 0 bridgehead atoms. The fraction of sp³-hybridized carbons (Fsp3) is 0.471. The number of methoxy groups -OCH3 is 2. The molecule has 5 heteroatoms. The molecule has 1 amide bonds. The van der Waals surface area contributed by atoms with Gasteiger partial charge in [0.2, 0.25) is 0 Å². The van der Waals surface area contributed by atoms with Crippen molar-refractivity contribution in [3.63, 3.8) is 0 Å². The molecule has 0 spiro atoms. The van der Waals surface area contributed by atoms with Gasteiger partial charge >= 0.3 is 0 Å². The van der Waals surface area contributed by atoms with Crippen molar-refractivity contribution in [2.75, 3.05) is 39.3 Å². The van der Waals surface area contributed by atoms with Crippen molar-refractivity contribution >= 4 is 11.6 Å². The molecule has 0 aromatic heterocycles. The molecule has 118 valence electrons. The number of hydrogen-bond donors (Lipinski definition) is 0. The first-order valence-corrected chi connectivity index (χ1v) is 7.26. The SMILES string of the molecule is CC#CC(=O)N(C)C1CCN(c2cc(OC)cc(OC)c2)C1. The number of rotatable bonds is 4. The lowest BCUT2D eigenvalue weighted by atomic mass is 10.2. The Labute approximate surface area is 131 Å². The molecule has 1 aromatic rings. The van der Waals surface area contributed by atoms with E-state index < -0.39 is 0 Å². The third-order valence-corrected chi connectivity index (χ3v) is 3.96. The van der Waals surface area contributed by atoms with Crippen molar-refractivity contribution in [3.8, 4) is 23.3 Å². The quantitative estimate of drug-likeness (QED) is 0.795. The van der Waals surface area contributed by atoms with Gasteiger partial charge in [-0.1, -0.05) is 5.92 Å². The van der Waals surface area contributed by atoms with Gasteiger partial charge in [-0.2, -0.15) is 0 Å². The van der Waals surface area contributed by atoms with Crippen molar-refractivity contribution in [3.05, 3.63) is 18.2 Å². The van der Waals surface area contributed by atoms with Gasteiger partial charge in [-0.15, -0.1) is 0 Å². The van der Waals surface area contributed by atoms with Gasteiger partial charge in [-0.3, -0.25) is 4.79 Å². The Kier molecular flexibility index (Phi) is 5.16. The van der Waals surface area contributed by atoms with Gasteiger partial charge in [0.05, 0.1) is 20.3 Å². The fourth-order valence-corrected chi connectivity index (χ4v) is 2.63. The Balaban J connectivity index is 2.12. The molecule has 1 fully saturated rings. The summed E-state index contributed by atoms with van der Waals surface area (Å²) < 4.78 is 10.6. The molecule has 1 heterocycles. The molecule has 0 N–H and O–H groups in total. The zero-order valence-electron chi connectivity index (χ0n) is 13.5. The van der Waals surface area contributed by atoms with Crippen LogP contribution >= 0.6 is 0 Å². The second kappa shape index (κ2) is 7.08. The summed E-state index contributed by atoms with van der Waals surface area (Å²) in [5.41, 5.74) is 1.04. The van der Waals surface area contributed by atoms with E-state index in [0.29, 0.717) is 0 Å². The minimum atomic E-state index is -0.127. The Morgan fingerprint density at radius 2 is 1.91 bits per heavy atom. The van der Waals surface area contributed by atoms with E-state index in [1.807, 2.05) is 25.2 Å². The molecule has 1 unspecified atom stereocenters. The molecular formula is C17H22N2O3. The minimum absolute atomic E-state index is 0.127. The zero-order valence-corrected chi connectivity index (χ0v) is 13.5. The third kappa shape index (κ3) is 3.45. The largest absolute Gasteiger partial charge is 0.497 e. The molecule has 0 aliphatic carbocycles. The lowest BCUT2D eigenvalue weighted by molar-refractivity contribution is -0.125. The second-order valence-electron chi connectivity index (χ2n) is 5.25. The smallest absolute Gasteiger partial charge is 0.298 e. The maximum atomic E-state index is 11.9. The Morgan fingerprint density at radius 3 is 2.45 bits per heavy atom. The number of benzene rings is 1. The Hall–Kier alpha value is -2.35. The summed E-state index contributed by atoms with van der Waals surface area (Å²) in [7, 11) is 5.09. The van der Waals surface area contributed by atoms with Gasteiger partial charge in [-0.05, 0) is 19.3 Å². The molecule has 1 aromatic carbocycles. The molecule has 1 aliphatic rings. The van der Waals surface area contributed by atoms with Crippen LogP contribution in [0, 0.1) is 11.8 Å². The maximum Gasteiger partial charge on any atom is 0.298 e. The number of ether oxygens (including phenoxy) is 2. The third-order valence-electron chi connectivity index (χ3n) is 3.96. The summed E-state index contributed by atoms with van der Waals surface area (Å²) >= 11 is 0. The first-order chi connectivity index (χ1) is 10.6. The van der Waals surface area contributed by atoms with Gasteiger partial charge in [0.15, 0.2) is 0 Å². The lowest BCUT2D eigenvalue weighted by Crippen LogP contribution is -2.38. The Morgan fingerprint density at radius 1 is 1.27 bits per heavy atom. The Bertz CT molecular complexity index is 581. The standard InChI is InChI=1S/C17H22N2O3/c1-5-6-17(20)18(2)13-7-8-19(12-13)14-9-15(21-3)11-16(10-14)22-4/h9-11,13H,7-8,12H2,1-4H3. The predicted octanol–water partition coefficient (Wildman–Crippen LogP) is 1.76. The van der Waals surface area contributed by atoms with E-state index in [4.69, 9.17) is 9.47 Å². The number of nitrogens with zero attached hydrogens (tertiary/aromatic N) is 2. The zero-order chi connectivity index (χ0) is 16.1. The van der Waals surface area contributed by atoms with Gasteiger partial charge in [0, 0.05) is 44.0 Å². The van der Waals surface area contributed by atoms with E-state index >= 15 is 0 Å². The van der Waals surface area contributed by atoms with Crippen LogP contribution < -0.4 is 14.4 Å². The molecule has 5 nitrogen and oxygen atoms in total. The van der Waals surface area contributed by atoms with Crippen molar-refractivity contribution in [2.24, 2.45) is 0 Å². The van der Waals surface area contributed by atoms with Crippen molar-refractivity contribution < 1.29 is 14.3 Å². The summed E-state index contributed by atoms with van der Waals surface area (Å²) in [6.07, 6.45) is 0.924. The van der Waals surface area contributed by atoms with Crippen LogP contribution in [-0.4, -0.2) is 51.2 Å². The van der Waals surface area contributed by atoms with Crippen LogP contribution in [0.3, 0.4) is 0 Å². The molecule has 22 heavy (non-hydrogen) atoms. The van der Waals surface area contributed by atoms with E-state index in [2.05, 4.69) is 16.7 Å². The van der Waals surface area contributed by atoms with Crippen molar-refractivity contribution in [1.29, 1.82) is 0 Å². The highest BCUT2D eigenvalue weighted by Gasteiger charge is 2.28. The monoisotopic (exact) mass is 302 g/mol. The lowest BCUT2D eigenvalue weighted by Gasteiger charge is -2.24. The molecule has 0 saturated carbocycles. The maximum absolute atomic E-state index is 11.9. The normalized spacial score (nSPS) is 16.7. The highest BCUT2D eigenvalue weighted by Crippen LogP contribution is 2.31. The number of amides is 1. The van der Waals surface area contributed by atoms with E-state index in [1.165, 1.54) is 0 Å². The highest BCUT2D eigenvalue weighted by atomic mass is 16.5. The van der Waals surface area contributed by atoms with E-state index in [-0.39, 0.29) is 11.9 Å². The average molecular weight is 302 g/mol. The first kappa shape index (κ1) is 16.0. The van der Waals surface area contributed by atoms with Crippen LogP contribution in [0.4, 0.5) is 5.69 Å².